The van der Waals surface area contributed by atoms with Gasteiger partial charge in [0.2, 0.25) is 0 Å². The maximum atomic E-state index is 6.24. The van der Waals surface area contributed by atoms with E-state index in [9.17, 15) is 0 Å². The van der Waals surface area contributed by atoms with Gasteiger partial charge < -0.3 is 5.73 Å². The Kier molecular flexibility index (Phi) is 7.92. The van der Waals surface area contributed by atoms with E-state index >= 15 is 0 Å². The van der Waals surface area contributed by atoms with Crippen molar-refractivity contribution in [3.8, 4) is 0 Å². The van der Waals surface area contributed by atoms with Crippen LogP contribution in [0.4, 0.5) is 0 Å². The van der Waals surface area contributed by atoms with Gasteiger partial charge in [0.05, 0.1) is 0 Å². The second-order valence-electron chi connectivity index (χ2n) is 5.70. The predicted octanol–water partition coefficient (Wildman–Crippen LogP) is 4.64. The van der Waals surface area contributed by atoms with E-state index in [4.69, 9.17) is 5.73 Å². The van der Waals surface area contributed by atoms with Crippen molar-refractivity contribution >= 4 is 0 Å². The molecular formula is C15H31N. The Morgan fingerprint density at radius 1 is 1.00 bits per heavy atom. The summed E-state index contributed by atoms with van der Waals surface area (Å²) in [6, 6.07) is 0.486. The molecule has 0 spiro atoms. The van der Waals surface area contributed by atoms with Crippen molar-refractivity contribution in [2.24, 2.45) is 11.7 Å². The molecule has 0 aliphatic heterocycles. The molecule has 0 aromatic carbocycles. The standard InChI is InChI=1S/C15H31N/c1-2-3-4-9-12-15(16)13-14-10-7-5-6-8-11-14/h14-15H,2-13,16H2,1H3. The smallest absolute Gasteiger partial charge is 0.00414 e. The summed E-state index contributed by atoms with van der Waals surface area (Å²) >= 11 is 0. The molecule has 0 aromatic heterocycles. The Balaban J connectivity index is 2.04. The van der Waals surface area contributed by atoms with Crippen LogP contribution in [-0.4, -0.2) is 6.04 Å². The molecule has 1 aliphatic rings. The van der Waals surface area contributed by atoms with E-state index in [1.165, 1.54) is 77.0 Å². The molecule has 0 radical (unpaired) electrons. The zero-order valence-corrected chi connectivity index (χ0v) is 11.2. The van der Waals surface area contributed by atoms with E-state index in [1.54, 1.807) is 0 Å². The molecule has 1 rings (SSSR count). The Hall–Kier alpha value is -0.0400. The first-order chi connectivity index (χ1) is 7.83. The van der Waals surface area contributed by atoms with Crippen molar-refractivity contribution in [1.29, 1.82) is 0 Å². The number of nitrogens with two attached hydrogens (primary N) is 1. The Bertz CT molecular complexity index is 148. The zero-order valence-electron chi connectivity index (χ0n) is 11.2. The molecular weight excluding hydrogens is 194 g/mol. The average molecular weight is 225 g/mol. The van der Waals surface area contributed by atoms with Crippen LogP contribution in [0.2, 0.25) is 0 Å². The normalized spacial score (nSPS) is 20.6. The van der Waals surface area contributed by atoms with Crippen LogP contribution in [0, 0.1) is 5.92 Å². The third-order valence-electron chi connectivity index (χ3n) is 4.04. The van der Waals surface area contributed by atoms with Crippen LogP contribution in [0.25, 0.3) is 0 Å². The van der Waals surface area contributed by atoms with Crippen LogP contribution in [0.3, 0.4) is 0 Å². The van der Waals surface area contributed by atoms with Gasteiger partial charge in [0.15, 0.2) is 0 Å². The lowest BCUT2D eigenvalue weighted by molar-refractivity contribution is 0.372. The molecule has 0 amide bonds. The molecule has 1 saturated carbocycles. The number of hydrogen-bond donors (Lipinski definition) is 1. The van der Waals surface area contributed by atoms with Crippen LogP contribution in [0.15, 0.2) is 0 Å². The van der Waals surface area contributed by atoms with Gasteiger partial charge in [-0.25, -0.2) is 0 Å². The van der Waals surface area contributed by atoms with E-state index in [0.29, 0.717) is 6.04 Å². The Labute approximate surface area is 102 Å². The molecule has 0 bridgehead atoms. The highest BCUT2D eigenvalue weighted by Gasteiger charge is 2.15. The maximum Gasteiger partial charge on any atom is 0.00414 e. The first-order valence-electron chi connectivity index (χ1n) is 7.58. The van der Waals surface area contributed by atoms with Gasteiger partial charge in [0, 0.05) is 6.04 Å². The van der Waals surface area contributed by atoms with E-state index in [-0.39, 0.29) is 0 Å². The molecule has 2 N–H and O–H groups in total. The van der Waals surface area contributed by atoms with Crippen LogP contribution >= 0.6 is 0 Å². The van der Waals surface area contributed by atoms with Crippen LogP contribution in [0.5, 0.6) is 0 Å². The third kappa shape index (κ3) is 6.52. The van der Waals surface area contributed by atoms with Crippen molar-refractivity contribution in [2.45, 2.75) is 90.0 Å². The van der Waals surface area contributed by atoms with Gasteiger partial charge in [0.25, 0.3) is 0 Å². The summed E-state index contributed by atoms with van der Waals surface area (Å²) in [5, 5.41) is 0. The van der Waals surface area contributed by atoms with Gasteiger partial charge in [-0.15, -0.1) is 0 Å². The fraction of sp³-hybridized carbons (Fsp3) is 1.00. The molecule has 1 fully saturated rings. The monoisotopic (exact) mass is 225 g/mol. The summed E-state index contributed by atoms with van der Waals surface area (Å²) in [5.41, 5.74) is 6.24. The quantitative estimate of drug-likeness (QED) is 0.495. The third-order valence-corrected chi connectivity index (χ3v) is 4.04. The number of unbranched alkanes of at least 4 members (excludes halogenated alkanes) is 3. The summed E-state index contributed by atoms with van der Waals surface area (Å²) in [4.78, 5) is 0. The predicted molar refractivity (Wildman–Crippen MR) is 72.5 cm³/mol. The van der Waals surface area contributed by atoms with Crippen LogP contribution < -0.4 is 5.73 Å². The number of rotatable bonds is 7. The average Bonchev–Trinajstić information content (AvgIpc) is 2.53. The summed E-state index contributed by atoms with van der Waals surface area (Å²) in [5.74, 6) is 0.948. The zero-order chi connectivity index (χ0) is 11.6. The van der Waals surface area contributed by atoms with Crippen molar-refractivity contribution in [3.63, 3.8) is 0 Å². The molecule has 1 unspecified atom stereocenters. The highest BCUT2D eigenvalue weighted by Crippen LogP contribution is 2.26. The molecule has 0 heterocycles. The van der Waals surface area contributed by atoms with E-state index in [2.05, 4.69) is 6.92 Å². The second kappa shape index (κ2) is 9.04. The maximum absolute atomic E-state index is 6.24. The van der Waals surface area contributed by atoms with Gasteiger partial charge in [-0.05, 0) is 18.8 Å². The first-order valence-corrected chi connectivity index (χ1v) is 7.58. The van der Waals surface area contributed by atoms with Crippen molar-refractivity contribution < 1.29 is 0 Å². The van der Waals surface area contributed by atoms with Gasteiger partial charge >= 0.3 is 0 Å². The van der Waals surface area contributed by atoms with Crippen molar-refractivity contribution in [2.75, 3.05) is 0 Å². The molecule has 0 saturated heterocycles. The molecule has 1 heteroatoms. The fourth-order valence-electron chi connectivity index (χ4n) is 2.98. The van der Waals surface area contributed by atoms with Gasteiger partial charge in [-0.1, -0.05) is 71.1 Å². The highest BCUT2D eigenvalue weighted by atomic mass is 14.6. The Morgan fingerprint density at radius 3 is 2.31 bits per heavy atom. The highest BCUT2D eigenvalue weighted by molar-refractivity contribution is 4.71. The van der Waals surface area contributed by atoms with Gasteiger partial charge in [0.1, 0.15) is 0 Å². The summed E-state index contributed by atoms with van der Waals surface area (Å²) in [7, 11) is 0. The molecule has 96 valence electrons. The fourth-order valence-corrected chi connectivity index (χ4v) is 2.98. The molecule has 1 aliphatic carbocycles. The van der Waals surface area contributed by atoms with E-state index in [1.807, 2.05) is 0 Å². The minimum absolute atomic E-state index is 0.486. The van der Waals surface area contributed by atoms with Crippen LogP contribution in [0.1, 0.15) is 84.0 Å². The van der Waals surface area contributed by atoms with Crippen LogP contribution in [-0.2, 0) is 0 Å². The van der Waals surface area contributed by atoms with Gasteiger partial charge in [-0.3, -0.25) is 0 Å². The lowest BCUT2D eigenvalue weighted by Crippen LogP contribution is -2.23. The molecule has 1 atom stereocenters. The summed E-state index contributed by atoms with van der Waals surface area (Å²) in [6.07, 6.45) is 16.7. The minimum Gasteiger partial charge on any atom is -0.328 e. The van der Waals surface area contributed by atoms with Crippen molar-refractivity contribution in [3.05, 3.63) is 0 Å². The molecule has 1 nitrogen and oxygen atoms in total. The summed E-state index contributed by atoms with van der Waals surface area (Å²) < 4.78 is 0. The lowest BCUT2D eigenvalue weighted by Gasteiger charge is -2.19. The second-order valence-corrected chi connectivity index (χ2v) is 5.70. The minimum atomic E-state index is 0.486. The SMILES string of the molecule is CCCCCCC(N)CC1CCCCCC1. The lowest BCUT2D eigenvalue weighted by atomic mass is 9.91. The molecule has 16 heavy (non-hydrogen) atoms. The van der Waals surface area contributed by atoms with E-state index < -0.39 is 0 Å². The Morgan fingerprint density at radius 2 is 1.69 bits per heavy atom. The largest absolute Gasteiger partial charge is 0.328 e. The number of hydrogen-bond acceptors (Lipinski definition) is 1. The summed E-state index contributed by atoms with van der Waals surface area (Å²) in [6.45, 7) is 2.27. The first kappa shape index (κ1) is 14.0. The molecule has 0 aromatic rings. The van der Waals surface area contributed by atoms with E-state index in [0.717, 1.165) is 5.92 Å². The van der Waals surface area contributed by atoms with Crippen molar-refractivity contribution in [1.82, 2.24) is 0 Å². The van der Waals surface area contributed by atoms with Gasteiger partial charge in [-0.2, -0.15) is 0 Å². The topological polar surface area (TPSA) is 26.0 Å².